The fraction of sp³-hybridized carbons (Fsp3) is 0.500. The highest BCUT2D eigenvalue weighted by Crippen LogP contribution is 2.21. The highest BCUT2D eigenvalue weighted by molar-refractivity contribution is 7.98. The van der Waals surface area contributed by atoms with E-state index in [1.54, 1.807) is 11.8 Å². The van der Waals surface area contributed by atoms with Gasteiger partial charge in [-0.3, -0.25) is 4.90 Å². The molecule has 84 valence electrons. The van der Waals surface area contributed by atoms with E-state index in [4.69, 9.17) is 5.73 Å². The molecular weight excluding hydrogens is 204 g/mol. The first-order valence-corrected chi connectivity index (χ1v) is 6.45. The van der Waals surface area contributed by atoms with Gasteiger partial charge in [-0.05, 0) is 37.9 Å². The smallest absolute Gasteiger partial charge is 0.0317 e. The minimum atomic E-state index is 0.435. The number of nitrogens with zero attached hydrogens (tertiary/aromatic N) is 1. The van der Waals surface area contributed by atoms with Crippen molar-refractivity contribution in [2.75, 3.05) is 26.4 Å². The molecule has 2 nitrogen and oxygen atoms in total. The van der Waals surface area contributed by atoms with Gasteiger partial charge in [-0.2, -0.15) is 0 Å². The maximum Gasteiger partial charge on any atom is 0.0317 e. The monoisotopic (exact) mass is 224 g/mol. The first-order chi connectivity index (χ1) is 7.19. The summed E-state index contributed by atoms with van der Waals surface area (Å²) in [4.78, 5) is 3.58. The molecule has 15 heavy (non-hydrogen) atoms. The fourth-order valence-electron chi connectivity index (χ4n) is 1.53. The van der Waals surface area contributed by atoms with Crippen LogP contribution in [0.25, 0.3) is 0 Å². The summed E-state index contributed by atoms with van der Waals surface area (Å²) in [6.45, 7) is 3.86. The largest absolute Gasteiger partial charge is 0.329 e. The van der Waals surface area contributed by atoms with Crippen LogP contribution >= 0.6 is 11.8 Å². The van der Waals surface area contributed by atoms with E-state index in [0.717, 1.165) is 6.54 Å². The van der Waals surface area contributed by atoms with Crippen LogP contribution in [0.5, 0.6) is 0 Å². The second kappa shape index (κ2) is 6.16. The maximum atomic E-state index is 5.55. The third-order valence-corrected chi connectivity index (χ3v) is 3.48. The molecule has 1 unspecified atom stereocenters. The standard InChI is InChI=1S/C12H20N2S/c1-10(14(2)9-8-13)11-4-6-12(15-3)7-5-11/h4-7,10H,8-9,13H2,1-3H3. The molecule has 0 heterocycles. The second-order valence-electron chi connectivity index (χ2n) is 3.72. The molecule has 0 saturated carbocycles. The molecule has 0 aliphatic heterocycles. The Balaban J connectivity index is 2.69. The minimum Gasteiger partial charge on any atom is -0.329 e. The summed E-state index contributed by atoms with van der Waals surface area (Å²) in [6.07, 6.45) is 2.10. The third kappa shape index (κ3) is 3.52. The van der Waals surface area contributed by atoms with Crippen molar-refractivity contribution in [1.29, 1.82) is 0 Å². The number of benzene rings is 1. The lowest BCUT2D eigenvalue weighted by Crippen LogP contribution is -2.28. The number of likely N-dealkylation sites (N-methyl/N-ethyl adjacent to an activating group) is 1. The number of hydrogen-bond donors (Lipinski definition) is 1. The lowest BCUT2D eigenvalue weighted by atomic mass is 10.1. The van der Waals surface area contributed by atoms with Crippen LogP contribution in [0.2, 0.25) is 0 Å². The van der Waals surface area contributed by atoms with Crippen LogP contribution in [-0.2, 0) is 0 Å². The van der Waals surface area contributed by atoms with E-state index < -0.39 is 0 Å². The first kappa shape index (κ1) is 12.6. The van der Waals surface area contributed by atoms with Gasteiger partial charge in [-0.15, -0.1) is 11.8 Å². The van der Waals surface area contributed by atoms with Gasteiger partial charge in [-0.25, -0.2) is 0 Å². The summed E-state index contributed by atoms with van der Waals surface area (Å²) in [6, 6.07) is 9.18. The quantitative estimate of drug-likeness (QED) is 0.779. The summed E-state index contributed by atoms with van der Waals surface area (Å²) < 4.78 is 0. The highest BCUT2D eigenvalue weighted by atomic mass is 32.2. The summed E-state index contributed by atoms with van der Waals surface area (Å²) in [7, 11) is 2.11. The van der Waals surface area contributed by atoms with E-state index in [1.807, 2.05) is 0 Å². The molecule has 1 rings (SSSR count). The van der Waals surface area contributed by atoms with Crippen molar-refractivity contribution in [1.82, 2.24) is 4.90 Å². The second-order valence-corrected chi connectivity index (χ2v) is 4.60. The van der Waals surface area contributed by atoms with Crippen molar-refractivity contribution in [2.45, 2.75) is 17.9 Å². The SMILES string of the molecule is CSc1ccc(C(C)N(C)CCN)cc1. The Bertz CT molecular complexity index is 284. The lowest BCUT2D eigenvalue weighted by molar-refractivity contribution is 0.269. The van der Waals surface area contributed by atoms with Crippen molar-refractivity contribution < 1.29 is 0 Å². The normalized spacial score (nSPS) is 13.1. The maximum absolute atomic E-state index is 5.55. The highest BCUT2D eigenvalue weighted by Gasteiger charge is 2.09. The molecule has 1 atom stereocenters. The van der Waals surface area contributed by atoms with Crippen molar-refractivity contribution in [3.8, 4) is 0 Å². The topological polar surface area (TPSA) is 29.3 Å². The molecule has 0 aromatic heterocycles. The zero-order chi connectivity index (χ0) is 11.3. The molecule has 2 N–H and O–H groups in total. The third-order valence-electron chi connectivity index (χ3n) is 2.74. The summed E-state index contributed by atoms with van der Waals surface area (Å²) in [5, 5.41) is 0. The Labute approximate surface area is 96.8 Å². The molecule has 0 aliphatic rings. The Hall–Kier alpha value is -0.510. The minimum absolute atomic E-state index is 0.435. The number of nitrogens with two attached hydrogens (primary N) is 1. The molecule has 1 aromatic rings. The molecule has 0 amide bonds. The van der Waals surface area contributed by atoms with Crippen molar-refractivity contribution in [3.63, 3.8) is 0 Å². The van der Waals surface area contributed by atoms with Crippen LogP contribution in [0.3, 0.4) is 0 Å². The zero-order valence-corrected chi connectivity index (χ0v) is 10.6. The Kier molecular flexibility index (Phi) is 5.15. The van der Waals surface area contributed by atoms with Gasteiger partial charge >= 0.3 is 0 Å². The molecule has 0 fully saturated rings. The molecule has 0 radical (unpaired) electrons. The van der Waals surface area contributed by atoms with Crippen LogP contribution in [0.1, 0.15) is 18.5 Å². The van der Waals surface area contributed by atoms with Crippen molar-refractivity contribution in [2.24, 2.45) is 5.73 Å². The average Bonchev–Trinajstić information content (AvgIpc) is 2.28. The Morgan fingerprint density at radius 3 is 2.40 bits per heavy atom. The van der Waals surface area contributed by atoms with Crippen LogP contribution in [0.4, 0.5) is 0 Å². The van der Waals surface area contributed by atoms with Gasteiger partial charge in [0.05, 0.1) is 0 Å². The number of thioether (sulfide) groups is 1. The zero-order valence-electron chi connectivity index (χ0n) is 9.73. The van der Waals surface area contributed by atoms with Crippen LogP contribution in [0.15, 0.2) is 29.2 Å². The van der Waals surface area contributed by atoms with Crippen molar-refractivity contribution in [3.05, 3.63) is 29.8 Å². The first-order valence-electron chi connectivity index (χ1n) is 5.23. The van der Waals surface area contributed by atoms with Gasteiger partial charge in [0.25, 0.3) is 0 Å². The fourth-order valence-corrected chi connectivity index (χ4v) is 1.94. The Morgan fingerprint density at radius 2 is 1.93 bits per heavy atom. The van der Waals surface area contributed by atoms with Gasteiger partial charge in [0.15, 0.2) is 0 Å². The number of hydrogen-bond acceptors (Lipinski definition) is 3. The summed E-state index contributed by atoms with van der Waals surface area (Å²) in [5.74, 6) is 0. The molecular formula is C12H20N2S. The molecule has 0 spiro atoms. The van der Waals surface area contributed by atoms with Gasteiger partial charge in [0, 0.05) is 24.0 Å². The van der Waals surface area contributed by atoms with E-state index in [2.05, 4.69) is 49.4 Å². The predicted molar refractivity (Wildman–Crippen MR) is 68.3 cm³/mol. The summed E-state index contributed by atoms with van der Waals surface area (Å²) in [5.41, 5.74) is 6.90. The van der Waals surface area contributed by atoms with Crippen LogP contribution in [0, 0.1) is 0 Å². The van der Waals surface area contributed by atoms with Crippen molar-refractivity contribution >= 4 is 11.8 Å². The van der Waals surface area contributed by atoms with E-state index in [9.17, 15) is 0 Å². The van der Waals surface area contributed by atoms with Crippen LogP contribution in [-0.4, -0.2) is 31.3 Å². The molecule has 1 aromatic carbocycles. The van der Waals surface area contributed by atoms with E-state index in [1.165, 1.54) is 10.5 Å². The van der Waals surface area contributed by atoms with E-state index in [-0.39, 0.29) is 0 Å². The Morgan fingerprint density at radius 1 is 1.33 bits per heavy atom. The van der Waals surface area contributed by atoms with Crippen LogP contribution < -0.4 is 5.73 Å². The van der Waals surface area contributed by atoms with Gasteiger partial charge in [0.2, 0.25) is 0 Å². The average molecular weight is 224 g/mol. The molecule has 3 heteroatoms. The van der Waals surface area contributed by atoms with E-state index in [0.29, 0.717) is 12.6 Å². The number of rotatable bonds is 5. The predicted octanol–water partition coefficient (Wildman–Crippen LogP) is 2.36. The molecule has 0 bridgehead atoms. The molecule has 0 aliphatic carbocycles. The van der Waals surface area contributed by atoms with Gasteiger partial charge in [-0.1, -0.05) is 12.1 Å². The lowest BCUT2D eigenvalue weighted by Gasteiger charge is -2.24. The van der Waals surface area contributed by atoms with Gasteiger partial charge < -0.3 is 5.73 Å². The van der Waals surface area contributed by atoms with Gasteiger partial charge in [0.1, 0.15) is 0 Å². The van der Waals surface area contributed by atoms with E-state index >= 15 is 0 Å². The molecule has 0 saturated heterocycles. The summed E-state index contributed by atoms with van der Waals surface area (Å²) >= 11 is 1.77.